The Morgan fingerprint density at radius 2 is 1.67 bits per heavy atom. The summed E-state index contributed by atoms with van der Waals surface area (Å²) in [6, 6.07) is 0.951. The number of Topliss-reactive ketones (excluding diaryl/α,β-unsaturated/α-hetero) is 1. The first kappa shape index (κ1) is 34.7. The summed E-state index contributed by atoms with van der Waals surface area (Å²) >= 11 is 0. The topological polar surface area (TPSA) is 110 Å². The number of aliphatic hydroxyl groups is 1. The molecule has 4 fully saturated rings. The Bertz CT molecular complexity index is 966. The molecule has 43 heavy (non-hydrogen) atoms. The average molecular weight is 610 g/mol. The van der Waals surface area contributed by atoms with Gasteiger partial charge < -0.3 is 34.3 Å². The molecular formula is C33H59N3O7. The molecule has 0 aliphatic carbocycles. The Morgan fingerprint density at radius 1 is 1.05 bits per heavy atom. The SMILES string of the molecule is CO[C@]1(C)C[C@@H](C)CN(C)C(C2CC3CCC(C2)N3)COC(=O)C(C)(C)C(=O)[C@H](C)[C@H]1O[C@@H]1O[C@H](C)C[C@H](N(C)C)[C@H]1O. The zero-order chi connectivity index (χ0) is 31.9. The molecule has 11 atom stereocenters. The van der Waals surface area contributed by atoms with Crippen molar-refractivity contribution in [2.24, 2.45) is 23.2 Å². The maximum absolute atomic E-state index is 14.2. The van der Waals surface area contributed by atoms with Gasteiger partial charge >= 0.3 is 5.97 Å². The van der Waals surface area contributed by atoms with Crippen molar-refractivity contribution in [2.45, 2.75) is 134 Å². The van der Waals surface area contributed by atoms with Crippen LogP contribution in [0, 0.1) is 23.2 Å². The van der Waals surface area contributed by atoms with Gasteiger partial charge in [0.25, 0.3) is 0 Å². The van der Waals surface area contributed by atoms with Gasteiger partial charge in [0, 0.05) is 43.7 Å². The van der Waals surface area contributed by atoms with Crippen LogP contribution in [0.4, 0.5) is 0 Å². The van der Waals surface area contributed by atoms with E-state index >= 15 is 0 Å². The van der Waals surface area contributed by atoms with E-state index in [2.05, 4.69) is 24.2 Å². The summed E-state index contributed by atoms with van der Waals surface area (Å²) in [6.07, 6.45) is 3.03. The zero-order valence-electron chi connectivity index (χ0n) is 28.3. The van der Waals surface area contributed by atoms with Gasteiger partial charge in [0.2, 0.25) is 0 Å². The van der Waals surface area contributed by atoms with Crippen LogP contribution in [0.3, 0.4) is 0 Å². The summed E-state index contributed by atoms with van der Waals surface area (Å²) < 4.78 is 25.1. The molecule has 10 nitrogen and oxygen atoms in total. The third kappa shape index (κ3) is 7.47. The van der Waals surface area contributed by atoms with Crippen molar-refractivity contribution >= 4 is 11.8 Å². The van der Waals surface area contributed by atoms with Crippen molar-refractivity contribution < 1.29 is 33.6 Å². The molecule has 248 valence electrons. The first-order valence-electron chi connectivity index (χ1n) is 16.5. The van der Waals surface area contributed by atoms with E-state index in [0.29, 0.717) is 30.8 Å². The molecule has 0 aromatic carbocycles. The molecule has 10 heteroatoms. The standard InChI is InChI=1S/C33H59N3O7/c1-19-16-33(6,40-10)29(43-30-27(37)25(35(7)8)13-20(2)42-30)21(3)28(38)32(4,5)31(39)41-18-26(36(9)17-19)22-14-23-11-12-24(15-22)34-23/h19-27,29-30,34,37H,11-18H2,1-10H3/t19-,20-,21+,22?,23?,24?,25+,26?,27-,29-,30+,33-/m1/s1. The number of nitrogens with zero attached hydrogens (tertiary/aromatic N) is 2. The molecule has 4 aliphatic rings. The highest BCUT2D eigenvalue weighted by Gasteiger charge is 2.52. The van der Waals surface area contributed by atoms with Crippen LogP contribution in [0.2, 0.25) is 0 Å². The lowest BCUT2D eigenvalue weighted by atomic mass is 9.74. The number of nitrogens with one attached hydrogen (secondary N) is 1. The second-order valence-corrected chi connectivity index (χ2v) is 15.2. The number of ether oxygens (including phenoxy) is 4. The fourth-order valence-electron chi connectivity index (χ4n) is 8.48. The molecule has 0 spiro atoms. The van der Waals surface area contributed by atoms with Crippen molar-refractivity contribution in [3.63, 3.8) is 0 Å². The van der Waals surface area contributed by atoms with Gasteiger partial charge in [0.15, 0.2) is 12.1 Å². The van der Waals surface area contributed by atoms with Crippen LogP contribution in [-0.4, -0.2) is 122 Å². The fourth-order valence-corrected chi connectivity index (χ4v) is 8.48. The lowest BCUT2D eigenvalue weighted by Gasteiger charge is -2.47. The van der Waals surface area contributed by atoms with Crippen LogP contribution in [0.5, 0.6) is 0 Å². The smallest absolute Gasteiger partial charge is 0.319 e. The normalized spacial score (nSPS) is 45.3. The quantitative estimate of drug-likeness (QED) is 0.357. The van der Waals surface area contributed by atoms with Crippen molar-refractivity contribution in [1.82, 2.24) is 15.1 Å². The molecule has 4 saturated heterocycles. The second-order valence-electron chi connectivity index (χ2n) is 15.2. The van der Waals surface area contributed by atoms with E-state index in [1.165, 1.54) is 12.8 Å². The summed E-state index contributed by atoms with van der Waals surface area (Å²) in [5, 5.41) is 15.0. The number of likely N-dealkylation sites (N-methyl/N-ethyl adjacent to an activating group) is 2. The maximum atomic E-state index is 14.2. The van der Waals surface area contributed by atoms with Gasteiger partial charge in [-0.1, -0.05) is 13.8 Å². The average Bonchev–Trinajstić information content (AvgIpc) is 3.28. The number of ketones is 1. The van der Waals surface area contributed by atoms with Crippen LogP contribution < -0.4 is 5.32 Å². The van der Waals surface area contributed by atoms with Crippen LogP contribution in [0.1, 0.15) is 80.1 Å². The number of carbonyl (C=O) groups excluding carboxylic acids is 2. The van der Waals surface area contributed by atoms with Gasteiger partial charge in [-0.05, 0) is 99.2 Å². The van der Waals surface area contributed by atoms with Crippen molar-refractivity contribution in [2.75, 3.05) is 41.4 Å². The highest BCUT2D eigenvalue weighted by molar-refractivity contribution is 6.04. The molecule has 4 heterocycles. The van der Waals surface area contributed by atoms with Gasteiger partial charge in [-0.15, -0.1) is 0 Å². The van der Waals surface area contributed by atoms with Gasteiger partial charge in [-0.3, -0.25) is 14.5 Å². The summed E-state index contributed by atoms with van der Waals surface area (Å²) in [7, 11) is 7.65. The number of hydrogen-bond donors (Lipinski definition) is 2. The molecule has 0 amide bonds. The highest BCUT2D eigenvalue weighted by Crippen LogP contribution is 2.39. The number of piperidine rings is 1. The van der Waals surface area contributed by atoms with Crippen LogP contribution in [-0.2, 0) is 28.5 Å². The van der Waals surface area contributed by atoms with E-state index in [4.69, 9.17) is 18.9 Å². The van der Waals surface area contributed by atoms with Gasteiger partial charge in [-0.25, -0.2) is 0 Å². The number of esters is 1. The van der Waals surface area contributed by atoms with E-state index in [1.807, 2.05) is 32.8 Å². The summed E-state index contributed by atoms with van der Waals surface area (Å²) in [5.74, 6) is -0.933. The number of hydrogen-bond acceptors (Lipinski definition) is 10. The third-order valence-corrected chi connectivity index (χ3v) is 11.0. The predicted molar refractivity (Wildman–Crippen MR) is 165 cm³/mol. The third-order valence-electron chi connectivity index (χ3n) is 11.0. The number of cyclic esters (lactones) is 1. The lowest BCUT2D eigenvalue weighted by Crippen LogP contribution is -2.59. The number of carbonyl (C=O) groups is 2. The minimum atomic E-state index is -1.39. The van der Waals surface area contributed by atoms with Gasteiger partial charge in [0.1, 0.15) is 18.1 Å². The number of aliphatic hydroxyl groups excluding tert-OH is 1. The summed E-state index contributed by atoms with van der Waals surface area (Å²) in [5.41, 5.74) is -2.29. The molecule has 0 aromatic heterocycles. The second kappa shape index (κ2) is 13.7. The first-order chi connectivity index (χ1) is 20.1. The highest BCUT2D eigenvalue weighted by atomic mass is 16.7. The molecule has 4 rings (SSSR count). The van der Waals surface area contributed by atoms with Crippen LogP contribution >= 0.6 is 0 Å². The first-order valence-corrected chi connectivity index (χ1v) is 16.5. The van der Waals surface area contributed by atoms with Crippen molar-refractivity contribution in [1.29, 1.82) is 0 Å². The Labute approximate surface area is 259 Å². The van der Waals surface area contributed by atoms with Gasteiger partial charge in [-0.2, -0.15) is 0 Å². The Morgan fingerprint density at radius 3 is 2.26 bits per heavy atom. The van der Waals surface area contributed by atoms with E-state index in [9.17, 15) is 14.7 Å². The van der Waals surface area contributed by atoms with E-state index in [1.54, 1.807) is 27.9 Å². The molecule has 3 unspecified atom stereocenters. The minimum absolute atomic E-state index is 0.0665. The molecule has 2 bridgehead atoms. The zero-order valence-corrected chi connectivity index (χ0v) is 28.3. The van der Waals surface area contributed by atoms with E-state index < -0.39 is 41.4 Å². The van der Waals surface area contributed by atoms with Crippen molar-refractivity contribution in [3.8, 4) is 0 Å². The molecule has 2 N–H and O–H groups in total. The Hall–Kier alpha value is -1.14. The number of methoxy groups -OCH3 is 1. The summed E-state index contributed by atoms with van der Waals surface area (Å²) in [4.78, 5) is 32.2. The van der Waals surface area contributed by atoms with Crippen molar-refractivity contribution in [3.05, 3.63) is 0 Å². The van der Waals surface area contributed by atoms with E-state index in [0.717, 1.165) is 19.4 Å². The number of rotatable bonds is 5. The molecule has 0 aromatic rings. The Balaban J connectivity index is 1.66. The monoisotopic (exact) mass is 609 g/mol. The maximum Gasteiger partial charge on any atom is 0.319 e. The minimum Gasteiger partial charge on any atom is -0.463 e. The lowest BCUT2D eigenvalue weighted by molar-refractivity contribution is -0.295. The molecule has 0 saturated carbocycles. The Kier molecular flexibility index (Phi) is 11.1. The molecular weight excluding hydrogens is 550 g/mol. The van der Waals surface area contributed by atoms with E-state index in [-0.39, 0.29) is 36.5 Å². The van der Waals surface area contributed by atoms with Gasteiger partial charge in [0.05, 0.1) is 17.8 Å². The molecule has 4 aliphatic heterocycles. The fraction of sp³-hybridized carbons (Fsp3) is 0.939. The van der Waals surface area contributed by atoms with Crippen LogP contribution in [0.25, 0.3) is 0 Å². The predicted octanol–water partition coefficient (Wildman–Crippen LogP) is 2.85. The summed E-state index contributed by atoms with van der Waals surface area (Å²) in [6.45, 7) is 12.3. The van der Waals surface area contributed by atoms with Crippen LogP contribution in [0.15, 0.2) is 0 Å². The molecule has 0 radical (unpaired) electrons. The largest absolute Gasteiger partial charge is 0.463 e. The number of fused-ring (bicyclic) bond motifs is 2.